The first-order valence-electron chi connectivity index (χ1n) is 12.5. The van der Waals surface area contributed by atoms with Crippen LogP contribution in [-0.2, 0) is 18.9 Å². The molecule has 0 spiro atoms. The summed E-state index contributed by atoms with van der Waals surface area (Å²) in [5, 5.41) is 10.5. The Morgan fingerprint density at radius 1 is 0.973 bits per heavy atom. The van der Waals surface area contributed by atoms with Gasteiger partial charge in [-0.25, -0.2) is 9.97 Å². The van der Waals surface area contributed by atoms with Crippen LogP contribution in [0.15, 0.2) is 54.9 Å². The van der Waals surface area contributed by atoms with Gasteiger partial charge in [-0.1, -0.05) is 6.07 Å². The van der Waals surface area contributed by atoms with Gasteiger partial charge in [-0.3, -0.25) is 9.78 Å². The number of piperazine rings is 1. The van der Waals surface area contributed by atoms with Crippen LogP contribution in [-0.4, -0.2) is 68.5 Å². The highest BCUT2D eigenvalue weighted by Crippen LogP contribution is 2.26. The van der Waals surface area contributed by atoms with E-state index in [2.05, 4.69) is 46.2 Å². The Morgan fingerprint density at radius 3 is 2.49 bits per heavy atom. The molecular formula is C29H31N7O. The minimum absolute atomic E-state index is 0.0821. The lowest BCUT2D eigenvalue weighted by Gasteiger charge is -2.32. The number of benzene rings is 1. The molecule has 4 aromatic rings. The van der Waals surface area contributed by atoms with Crippen molar-refractivity contribution in [2.24, 2.45) is 7.05 Å². The molecule has 0 radical (unpaired) electrons. The zero-order valence-corrected chi connectivity index (χ0v) is 21.8. The van der Waals surface area contributed by atoms with E-state index in [0.29, 0.717) is 17.9 Å². The highest BCUT2D eigenvalue weighted by Gasteiger charge is 2.24. The fraction of sp³-hybridized carbons (Fsp3) is 0.345. The van der Waals surface area contributed by atoms with Crippen LogP contribution in [0.2, 0.25) is 0 Å². The number of carbonyl (C=O) groups excluding carboxylic acids is 1. The predicted octanol–water partition coefficient (Wildman–Crippen LogP) is 3.81. The first-order chi connectivity index (χ1) is 17.7. The second-order valence-electron chi connectivity index (χ2n) is 10.3. The van der Waals surface area contributed by atoms with Gasteiger partial charge >= 0.3 is 0 Å². The number of rotatable bonds is 5. The van der Waals surface area contributed by atoms with E-state index in [0.717, 1.165) is 59.6 Å². The number of aromatic nitrogens is 4. The van der Waals surface area contributed by atoms with E-state index in [4.69, 9.17) is 4.98 Å². The fourth-order valence-electron chi connectivity index (χ4n) is 4.72. The second kappa shape index (κ2) is 9.75. The summed E-state index contributed by atoms with van der Waals surface area (Å²) < 4.78 is 1.98. The van der Waals surface area contributed by atoms with E-state index in [1.807, 2.05) is 54.6 Å². The number of fused-ring (bicyclic) bond motifs is 1. The largest absolute Gasteiger partial charge is 0.340 e. The van der Waals surface area contributed by atoms with Crippen molar-refractivity contribution in [1.82, 2.24) is 29.3 Å². The molecule has 1 aromatic carbocycles. The highest BCUT2D eigenvalue weighted by atomic mass is 16.2. The van der Waals surface area contributed by atoms with E-state index >= 15 is 0 Å². The fourth-order valence-corrected chi connectivity index (χ4v) is 4.72. The first kappa shape index (κ1) is 24.6. The van der Waals surface area contributed by atoms with Crippen molar-refractivity contribution in [3.8, 4) is 17.5 Å². The number of hydrogen-bond acceptors (Lipinski definition) is 6. The molecule has 0 saturated carbocycles. The maximum atomic E-state index is 13.2. The van der Waals surface area contributed by atoms with Gasteiger partial charge in [0.25, 0.3) is 5.91 Å². The van der Waals surface area contributed by atoms with Crippen LogP contribution in [0.3, 0.4) is 0 Å². The van der Waals surface area contributed by atoms with Gasteiger partial charge in [0.1, 0.15) is 11.5 Å². The minimum atomic E-state index is -0.608. The van der Waals surface area contributed by atoms with Crippen molar-refractivity contribution in [3.63, 3.8) is 0 Å². The quantitative estimate of drug-likeness (QED) is 0.420. The molecule has 0 aliphatic carbocycles. The predicted molar refractivity (Wildman–Crippen MR) is 143 cm³/mol. The molecule has 3 aromatic heterocycles. The lowest BCUT2D eigenvalue weighted by Crippen LogP contribution is -2.47. The SMILES string of the molecule is CN1CCN(C(=O)c2cc3cc(Cc4nccc(-c5cc(C(C)(C)C#N)ccn5)n4)ccc3n2C)CC1. The molecule has 1 aliphatic heterocycles. The lowest BCUT2D eigenvalue weighted by atomic mass is 9.86. The van der Waals surface area contributed by atoms with Gasteiger partial charge in [-0.2, -0.15) is 5.26 Å². The molecule has 1 fully saturated rings. The number of carbonyl (C=O) groups is 1. The Hall–Kier alpha value is -4.09. The standard InChI is InChI=1S/C29H31N7O/c1-29(2,19-30)22-7-9-31-24(18-22)23-8-10-32-27(33-23)16-20-5-6-25-21(15-20)17-26(35(25)4)28(37)36-13-11-34(3)12-14-36/h5-10,15,17-18H,11-14,16H2,1-4H3. The molecule has 188 valence electrons. The number of hydrogen-bond donors (Lipinski definition) is 0. The number of nitriles is 1. The zero-order chi connectivity index (χ0) is 26.2. The molecular weight excluding hydrogens is 462 g/mol. The van der Waals surface area contributed by atoms with E-state index in [-0.39, 0.29) is 5.91 Å². The zero-order valence-electron chi connectivity index (χ0n) is 21.8. The summed E-state index contributed by atoms with van der Waals surface area (Å²) in [6.07, 6.45) is 4.02. The lowest BCUT2D eigenvalue weighted by molar-refractivity contribution is 0.0655. The Balaban J connectivity index is 1.38. The molecule has 5 rings (SSSR count). The summed E-state index contributed by atoms with van der Waals surface area (Å²) in [6, 6.07) is 16.2. The number of aryl methyl sites for hydroxylation is 1. The molecule has 1 saturated heterocycles. The summed E-state index contributed by atoms with van der Waals surface area (Å²) in [5.74, 6) is 0.770. The van der Waals surface area contributed by atoms with Crippen molar-refractivity contribution < 1.29 is 4.79 Å². The Labute approximate surface area is 217 Å². The van der Waals surface area contributed by atoms with Crippen molar-refractivity contribution in [1.29, 1.82) is 5.26 Å². The van der Waals surface area contributed by atoms with E-state index in [9.17, 15) is 10.1 Å². The van der Waals surface area contributed by atoms with Crippen LogP contribution in [0.4, 0.5) is 0 Å². The third-order valence-corrected chi connectivity index (χ3v) is 7.21. The van der Waals surface area contributed by atoms with E-state index < -0.39 is 5.41 Å². The first-order valence-corrected chi connectivity index (χ1v) is 12.5. The van der Waals surface area contributed by atoms with Crippen molar-refractivity contribution in [2.45, 2.75) is 25.7 Å². The smallest absolute Gasteiger partial charge is 0.270 e. The number of amides is 1. The molecule has 8 heteroatoms. The van der Waals surface area contributed by atoms with E-state index in [1.54, 1.807) is 12.4 Å². The van der Waals surface area contributed by atoms with Gasteiger partial charge < -0.3 is 14.4 Å². The van der Waals surface area contributed by atoms with Crippen LogP contribution in [0, 0.1) is 11.3 Å². The second-order valence-corrected chi connectivity index (χ2v) is 10.3. The topological polar surface area (TPSA) is 90.9 Å². The van der Waals surface area contributed by atoms with Gasteiger partial charge in [0.05, 0.1) is 22.9 Å². The monoisotopic (exact) mass is 493 g/mol. The summed E-state index contributed by atoms with van der Waals surface area (Å²) in [5.41, 5.74) is 4.54. The van der Waals surface area contributed by atoms with Gasteiger partial charge in [0.15, 0.2) is 0 Å². The number of pyridine rings is 1. The average Bonchev–Trinajstić information content (AvgIpc) is 3.24. The van der Waals surface area contributed by atoms with Gasteiger partial charge in [0.2, 0.25) is 0 Å². The molecule has 0 atom stereocenters. The summed E-state index contributed by atoms with van der Waals surface area (Å²) >= 11 is 0. The van der Waals surface area contributed by atoms with Crippen LogP contribution in [0.25, 0.3) is 22.3 Å². The van der Waals surface area contributed by atoms with Gasteiger partial charge in [-0.15, -0.1) is 0 Å². The molecule has 4 heterocycles. The van der Waals surface area contributed by atoms with E-state index in [1.165, 1.54) is 0 Å². The van der Waals surface area contributed by atoms with Crippen LogP contribution in [0.1, 0.15) is 41.3 Å². The third-order valence-electron chi connectivity index (χ3n) is 7.21. The normalized spacial score (nSPS) is 14.6. The highest BCUT2D eigenvalue weighted by molar-refractivity contribution is 5.99. The van der Waals surface area contributed by atoms with Gasteiger partial charge in [0, 0.05) is 62.9 Å². The van der Waals surface area contributed by atoms with Crippen molar-refractivity contribution >= 4 is 16.8 Å². The van der Waals surface area contributed by atoms with Crippen LogP contribution in [0.5, 0.6) is 0 Å². The molecule has 37 heavy (non-hydrogen) atoms. The molecule has 8 nitrogen and oxygen atoms in total. The summed E-state index contributed by atoms with van der Waals surface area (Å²) in [7, 11) is 4.04. The third kappa shape index (κ3) is 4.95. The Kier molecular flexibility index (Phi) is 6.48. The summed E-state index contributed by atoms with van der Waals surface area (Å²) in [4.78, 5) is 31.1. The molecule has 0 bridgehead atoms. The number of likely N-dealkylation sites (N-methyl/N-ethyl adjacent to an activating group) is 1. The van der Waals surface area contributed by atoms with Crippen LogP contribution >= 0.6 is 0 Å². The molecule has 1 amide bonds. The maximum absolute atomic E-state index is 13.2. The summed E-state index contributed by atoms with van der Waals surface area (Å²) in [6.45, 7) is 7.08. The number of nitrogens with zero attached hydrogens (tertiary/aromatic N) is 7. The maximum Gasteiger partial charge on any atom is 0.270 e. The average molecular weight is 494 g/mol. The van der Waals surface area contributed by atoms with Gasteiger partial charge in [-0.05, 0) is 68.4 Å². The Morgan fingerprint density at radius 2 is 1.73 bits per heavy atom. The van der Waals surface area contributed by atoms with Crippen molar-refractivity contribution in [2.75, 3.05) is 33.2 Å². The molecule has 0 unspecified atom stereocenters. The minimum Gasteiger partial charge on any atom is -0.340 e. The Bertz CT molecular complexity index is 1510. The van der Waals surface area contributed by atoms with Crippen LogP contribution < -0.4 is 0 Å². The molecule has 1 aliphatic rings. The van der Waals surface area contributed by atoms with Crippen molar-refractivity contribution in [3.05, 3.63) is 77.5 Å². The molecule has 0 N–H and O–H groups in total.